The first-order valence-electron chi connectivity index (χ1n) is 8.39. The summed E-state index contributed by atoms with van der Waals surface area (Å²) in [6.07, 6.45) is 5.95. The number of amides is 2. The van der Waals surface area contributed by atoms with Crippen LogP contribution in [0, 0.1) is 0 Å². The van der Waals surface area contributed by atoms with Crippen molar-refractivity contribution in [1.29, 1.82) is 0 Å². The summed E-state index contributed by atoms with van der Waals surface area (Å²) >= 11 is 0. The predicted octanol–water partition coefficient (Wildman–Crippen LogP) is 2.85. The fourth-order valence-corrected chi connectivity index (χ4v) is 2.84. The summed E-state index contributed by atoms with van der Waals surface area (Å²) in [5, 5.41) is 8.78. The Morgan fingerprint density at radius 3 is 2.40 bits per heavy atom. The maximum absolute atomic E-state index is 12.3. The second-order valence-electron chi connectivity index (χ2n) is 6.10. The van der Waals surface area contributed by atoms with Gasteiger partial charge in [-0.15, -0.1) is 0 Å². The number of carbonyl (C=O) groups is 2. The highest BCUT2D eigenvalue weighted by atomic mass is 16.2. The van der Waals surface area contributed by atoms with Crippen molar-refractivity contribution in [3.05, 3.63) is 42.2 Å². The van der Waals surface area contributed by atoms with Gasteiger partial charge in [0.2, 0.25) is 11.9 Å². The van der Waals surface area contributed by atoms with Gasteiger partial charge in [-0.2, -0.15) is 0 Å². The Morgan fingerprint density at radius 1 is 1.04 bits per heavy atom. The lowest BCUT2D eigenvalue weighted by atomic mass is 10.2. The minimum Gasteiger partial charge on any atom is -0.348 e. The van der Waals surface area contributed by atoms with Crippen LogP contribution in [0.4, 0.5) is 17.3 Å². The number of anilines is 3. The number of rotatable bonds is 5. The Morgan fingerprint density at radius 2 is 1.72 bits per heavy atom. The molecule has 2 aromatic rings. The molecule has 1 aliphatic carbocycles. The third-order valence-electron chi connectivity index (χ3n) is 4.04. The van der Waals surface area contributed by atoms with Gasteiger partial charge in [0.15, 0.2) is 0 Å². The molecule has 7 nitrogen and oxygen atoms in total. The molecule has 1 aromatic heterocycles. The molecule has 25 heavy (non-hydrogen) atoms. The molecule has 3 rings (SSSR count). The minimum absolute atomic E-state index is 0.120. The SMILES string of the molecule is CC(=O)Nc1ccc(Nc2nccc(C(=O)NC3CCCC3)n2)cc1. The number of hydrogen-bond donors (Lipinski definition) is 3. The van der Waals surface area contributed by atoms with Gasteiger partial charge in [0.25, 0.3) is 5.91 Å². The van der Waals surface area contributed by atoms with Crippen LogP contribution in [0.25, 0.3) is 0 Å². The summed E-state index contributed by atoms with van der Waals surface area (Å²) in [7, 11) is 0. The first kappa shape index (κ1) is 16.9. The molecular formula is C18H21N5O2. The van der Waals surface area contributed by atoms with Crippen molar-refractivity contribution in [3.8, 4) is 0 Å². The zero-order valence-electron chi connectivity index (χ0n) is 14.1. The third kappa shape index (κ3) is 4.76. The third-order valence-corrected chi connectivity index (χ3v) is 4.04. The molecule has 7 heteroatoms. The van der Waals surface area contributed by atoms with E-state index < -0.39 is 0 Å². The molecule has 1 aliphatic rings. The molecule has 0 radical (unpaired) electrons. The van der Waals surface area contributed by atoms with E-state index in [9.17, 15) is 9.59 Å². The second kappa shape index (κ2) is 7.74. The Hall–Kier alpha value is -2.96. The van der Waals surface area contributed by atoms with E-state index in [1.807, 2.05) is 0 Å². The van der Waals surface area contributed by atoms with Crippen LogP contribution < -0.4 is 16.0 Å². The monoisotopic (exact) mass is 339 g/mol. The molecule has 0 aliphatic heterocycles. The molecule has 1 fully saturated rings. The van der Waals surface area contributed by atoms with E-state index in [4.69, 9.17) is 0 Å². The van der Waals surface area contributed by atoms with E-state index >= 15 is 0 Å². The maximum atomic E-state index is 12.3. The number of aromatic nitrogens is 2. The molecule has 0 unspecified atom stereocenters. The molecule has 0 bridgehead atoms. The van der Waals surface area contributed by atoms with Gasteiger partial charge in [0.05, 0.1) is 0 Å². The van der Waals surface area contributed by atoms with Crippen LogP contribution >= 0.6 is 0 Å². The first-order chi connectivity index (χ1) is 12.1. The van der Waals surface area contributed by atoms with Crippen molar-refractivity contribution in [2.45, 2.75) is 38.6 Å². The summed E-state index contributed by atoms with van der Waals surface area (Å²) < 4.78 is 0. The highest BCUT2D eigenvalue weighted by Crippen LogP contribution is 2.19. The lowest BCUT2D eigenvalue weighted by Gasteiger charge is -2.12. The van der Waals surface area contributed by atoms with Gasteiger partial charge in [-0.1, -0.05) is 12.8 Å². The van der Waals surface area contributed by atoms with Gasteiger partial charge in [0.1, 0.15) is 5.69 Å². The van der Waals surface area contributed by atoms with Gasteiger partial charge < -0.3 is 16.0 Å². The van der Waals surface area contributed by atoms with Crippen LogP contribution in [0.3, 0.4) is 0 Å². The Kier molecular flexibility index (Phi) is 5.23. The zero-order valence-corrected chi connectivity index (χ0v) is 14.1. The second-order valence-corrected chi connectivity index (χ2v) is 6.10. The number of hydrogen-bond acceptors (Lipinski definition) is 5. The lowest BCUT2D eigenvalue weighted by Crippen LogP contribution is -2.33. The summed E-state index contributed by atoms with van der Waals surface area (Å²) in [5.41, 5.74) is 1.82. The molecular weight excluding hydrogens is 318 g/mol. The largest absolute Gasteiger partial charge is 0.348 e. The number of carbonyl (C=O) groups excluding carboxylic acids is 2. The molecule has 1 aromatic carbocycles. The quantitative estimate of drug-likeness (QED) is 0.778. The zero-order chi connectivity index (χ0) is 17.6. The molecule has 0 atom stereocenters. The van der Waals surface area contributed by atoms with Gasteiger partial charge in [0, 0.05) is 30.5 Å². The molecule has 1 heterocycles. The maximum Gasteiger partial charge on any atom is 0.270 e. The summed E-state index contributed by atoms with van der Waals surface area (Å²) in [6.45, 7) is 1.46. The highest BCUT2D eigenvalue weighted by Gasteiger charge is 2.18. The number of benzene rings is 1. The first-order valence-corrected chi connectivity index (χ1v) is 8.39. The summed E-state index contributed by atoms with van der Waals surface area (Å²) in [6, 6.07) is 9.02. The standard InChI is InChI=1S/C18H21N5O2/c1-12(24)20-14-6-8-15(9-7-14)22-18-19-11-10-16(23-18)17(25)21-13-4-2-3-5-13/h6-11,13H,2-5H2,1H3,(H,20,24)(H,21,25)(H,19,22,23). The van der Waals surface area contributed by atoms with E-state index in [0.717, 1.165) is 31.4 Å². The van der Waals surface area contributed by atoms with Crippen molar-refractivity contribution in [1.82, 2.24) is 15.3 Å². The molecule has 0 saturated heterocycles. The van der Waals surface area contributed by atoms with Crippen LogP contribution in [0.5, 0.6) is 0 Å². The molecule has 1 saturated carbocycles. The minimum atomic E-state index is -0.168. The van der Waals surface area contributed by atoms with E-state index in [-0.39, 0.29) is 17.9 Å². The van der Waals surface area contributed by atoms with Crippen molar-refractivity contribution < 1.29 is 9.59 Å². The number of nitrogens with zero attached hydrogens (tertiary/aromatic N) is 2. The van der Waals surface area contributed by atoms with Crippen LogP contribution in [0.2, 0.25) is 0 Å². The van der Waals surface area contributed by atoms with E-state index in [1.54, 1.807) is 36.5 Å². The van der Waals surface area contributed by atoms with Gasteiger partial charge in [-0.3, -0.25) is 9.59 Å². The van der Waals surface area contributed by atoms with Crippen LogP contribution in [-0.2, 0) is 4.79 Å². The van der Waals surface area contributed by atoms with Crippen molar-refractivity contribution in [2.24, 2.45) is 0 Å². The van der Waals surface area contributed by atoms with Gasteiger partial charge in [-0.25, -0.2) is 9.97 Å². The smallest absolute Gasteiger partial charge is 0.270 e. The van der Waals surface area contributed by atoms with Crippen molar-refractivity contribution >= 4 is 29.1 Å². The summed E-state index contributed by atoms with van der Waals surface area (Å²) in [5.74, 6) is 0.0646. The fourth-order valence-electron chi connectivity index (χ4n) is 2.84. The molecule has 0 spiro atoms. The molecule has 3 N–H and O–H groups in total. The normalized spacial score (nSPS) is 14.1. The Labute approximate surface area is 146 Å². The van der Waals surface area contributed by atoms with E-state index in [0.29, 0.717) is 17.3 Å². The van der Waals surface area contributed by atoms with Crippen LogP contribution in [0.1, 0.15) is 43.1 Å². The van der Waals surface area contributed by atoms with Crippen molar-refractivity contribution in [2.75, 3.05) is 10.6 Å². The van der Waals surface area contributed by atoms with Gasteiger partial charge >= 0.3 is 0 Å². The van der Waals surface area contributed by atoms with Crippen molar-refractivity contribution in [3.63, 3.8) is 0 Å². The predicted molar refractivity (Wildman–Crippen MR) is 95.8 cm³/mol. The highest BCUT2D eigenvalue weighted by molar-refractivity contribution is 5.92. The molecule has 130 valence electrons. The van der Waals surface area contributed by atoms with E-state index in [1.165, 1.54) is 6.92 Å². The summed E-state index contributed by atoms with van der Waals surface area (Å²) in [4.78, 5) is 31.7. The Bertz CT molecular complexity index is 754. The average molecular weight is 339 g/mol. The van der Waals surface area contributed by atoms with Crippen LogP contribution in [-0.4, -0.2) is 27.8 Å². The Balaban J connectivity index is 1.64. The van der Waals surface area contributed by atoms with E-state index in [2.05, 4.69) is 25.9 Å². The van der Waals surface area contributed by atoms with Crippen LogP contribution in [0.15, 0.2) is 36.5 Å². The lowest BCUT2D eigenvalue weighted by molar-refractivity contribution is -0.114. The average Bonchev–Trinajstić information content (AvgIpc) is 3.09. The number of nitrogens with one attached hydrogen (secondary N) is 3. The fraction of sp³-hybridized carbons (Fsp3) is 0.333. The topological polar surface area (TPSA) is 96.0 Å². The molecule has 2 amide bonds. The van der Waals surface area contributed by atoms with Gasteiger partial charge in [-0.05, 0) is 43.2 Å².